The highest BCUT2D eigenvalue weighted by Crippen LogP contribution is 2.39. The molecule has 25 heavy (non-hydrogen) atoms. The minimum Gasteiger partial charge on any atom is -1.00 e. The van der Waals surface area contributed by atoms with Crippen LogP contribution in [0.25, 0.3) is 0 Å². The molecule has 3 heterocycles. The van der Waals surface area contributed by atoms with Gasteiger partial charge in [-0.15, -0.1) is 11.3 Å². The van der Waals surface area contributed by atoms with Crippen LogP contribution in [0.3, 0.4) is 0 Å². The van der Waals surface area contributed by atoms with Crippen LogP contribution in [0.5, 0.6) is 5.75 Å². The number of hydrogen-bond donors (Lipinski definition) is 1. The Labute approximate surface area is 163 Å². The van der Waals surface area contributed by atoms with Crippen molar-refractivity contribution in [3.8, 4) is 5.75 Å². The van der Waals surface area contributed by atoms with Crippen LogP contribution in [0, 0.1) is 0 Å². The highest BCUT2D eigenvalue weighted by Gasteiger charge is 2.53. The van der Waals surface area contributed by atoms with Crippen LogP contribution in [0.1, 0.15) is 30.6 Å². The molecule has 1 aromatic carbocycles. The number of anilines is 1. The number of thiophene rings is 1. The normalized spacial score (nSPS) is 23.0. The number of halogens is 1. The van der Waals surface area contributed by atoms with Crippen molar-refractivity contribution in [1.82, 2.24) is 0 Å². The van der Waals surface area contributed by atoms with Crippen molar-refractivity contribution in [2.24, 2.45) is 0 Å². The van der Waals surface area contributed by atoms with Gasteiger partial charge in [-0.1, -0.05) is 18.2 Å². The molecule has 2 aromatic rings. The number of amidine groups is 1. The first-order chi connectivity index (χ1) is 11.7. The van der Waals surface area contributed by atoms with Gasteiger partial charge in [-0.2, -0.15) is 0 Å². The summed E-state index contributed by atoms with van der Waals surface area (Å²) in [7, 11) is 1.70. The van der Waals surface area contributed by atoms with Crippen LogP contribution in [-0.2, 0) is 5.72 Å². The van der Waals surface area contributed by atoms with E-state index in [1.165, 1.54) is 12.3 Å². The molecule has 1 N–H and O–H groups in total. The lowest BCUT2D eigenvalue weighted by atomic mass is 10.1. The molecule has 1 unspecified atom stereocenters. The average molecular weight is 423 g/mol. The van der Waals surface area contributed by atoms with Gasteiger partial charge in [0.2, 0.25) is 0 Å². The van der Waals surface area contributed by atoms with E-state index in [9.17, 15) is 5.11 Å². The Balaban J connectivity index is 0.00000182. The largest absolute Gasteiger partial charge is 1.00 e. The molecule has 0 fully saturated rings. The number of rotatable bonds is 3. The molecule has 0 bridgehead atoms. The summed E-state index contributed by atoms with van der Waals surface area (Å²) in [5.41, 5.74) is 0.0868. The van der Waals surface area contributed by atoms with Crippen molar-refractivity contribution >= 4 is 22.9 Å². The number of aliphatic hydroxyl groups is 1. The van der Waals surface area contributed by atoms with Gasteiger partial charge in [0.15, 0.2) is 18.0 Å². The molecule has 4 rings (SSSR count). The van der Waals surface area contributed by atoms with Crippen LogP contribution in [0.2, 0.25) is 0 Å². The third-order valence-electron chi connectivity index (χ3n) is 5.02. The second kappa shape index (κ2) is 7.48. The van der Waals surface area contributed by atoms with Gasteiger partial charge < -0.3 is 26.8 Å². The summed E-state index contributed by atoms with van der Waals surface area (Å²) in [5, 5.41) is 13.6. The van der Waals surface area contributed by atoms with E-state index < -0.39 is 5.72 Å². The number of benzene rings is 1. The van der Waals surface area contributed by atoms with Crippen molar-refractivity contribution in [3.05, 3.63) is 46.7 Å². The summed E-state index contributed by atoms with van der Waals surface area (Å²) in [6.07, 6.45) is 4.49. The lowest BCUT2D eigenvalue weighted by Crippen LogP contribution is -3.00. The topological polar surface area (TPSA) is 35.7 Å². The molecular weight excluding hydrogens is 400 g/mol. The van der Waals surface area contributed by atoms with Gasteiger partial charge in [0, 0.05) is 6.42 Å². The van der Waals surface area contributed by atoms with Gasteiger partial charge in [0.25, 0.3) is 11.6 Å². The first-order valence-electron chi connectivity index (χ1n) is 8.54. The Morgan fingerprint density at radius 1 is 1.16 bits per heavy atom. The van der Waals surface area contributed by atoms with Crippen LogP contribution in [0.15, 0.2) is 41.8 Å². The van der Waals surface area contributed by atoms with Gasteiger partial charge in [-0.05, 0) is 42.8 Å². The summed E-state index contributed by atoms with van der Waals surface area (Å²) >= 11 is 1.63. The Morgan fingerprint density at radius 2 is 2.00 bits per heavy atom. The zero-order chi connectivity index (χ0) is 16.6. The molecule has 2 aliphatic rings. The minimum absolute atomic E-state index is 0. The van der Waals surface area contributed by atoms with Gasteiger partial charge in [-0.25, -0.2) is 9.48 Å². The molecule has 1 aromatic heterocycles. The van der Waals surface area contributed by atoms with Gasteiger partial charge in [0.1, 0.15) is 0 Å². The number of methoxy groups -OCH3 is 1. The van der Waals surface area contributed by atoms with E-state index in [0.717, 1.165) is 42.1 Å². The predicted molar refractivity (Wildman–Crippen MR) is 97.2 cm³/mol. The quantitative estimate of drug-likeness (QED) is 0.727. The Morgan fingerprint density at radius 3 is 2.76 bits per heavy atom. The fourth-order valence-corrected chi connectivity index (χ4v) is 4.69. The highest BCUT2D eigenvalue weighted by atomic mass is 79.9. The van der Waals surface area contributed by atoms with Gasteiger partial charge in [-0.3, -0.25) is 0 Å². The fourth-order valence-electron chi connectivity index (χ4n) is 3.86. The first kappa shape index (κ1) is 18.4. The van der Waals surface area contributed by atoms with Crippen LogP contribution >= 0.6 is 11.3 Å². The fraction of sp³-hybridized carbons (Fsp3) is 0.421. The number of ether oxygens (including phenoxy) is 1. The third kappa shape index (κ3) is 3.11. The number of β-amino-alcohol motifs (C(OH)–C–C–N with tert-alkyl or cyclic N) is 1. The van der Waals surface area contributed by atoms with E-state index in [2.05, 4.69) is 15.5 Å². The lowest BCUT2D eigenvalue weighted by Gasteiger charge is -2.22. The van der Waals surface area contributed by atoms with Gasteiger partial charge in [0.05, 0.1) is 18.5 Å². The van der Waals surface area contributed by atoms with Crippen molar-refractivity contribution in [3.63, 3.8) is 0 Å². The summed E-state index contributed by atoms with van der Waals surface area (Å²) in [5.74, 6) is 2.07. The maximum Gasteiger partial charge on any atom is 0.280 e. The van der Waals surface area contributed by atoms with Crippen LogP contribution in [-0.4, -0.2) is 35.7 Å². The maximum atomic E-state index is 11.6. The standard InChI is InChI=1S/C19H23N2O2S.BrH/c1-23-16-9-5-4-8-15(16)20-14-19(22,17-10-7-13-24-17)21-12-6-2-3-11-18(20)21;/h4-5,7-10,13,22H,2-3,6,11-12,14H2,1H3;1H/q+1;/p-1. The molecule has 0 saturated heterocycles. The average Bonchev–Trinajstić information content (AvgIpc) is 3.16. The second-order valence-corrected chi connectivity index (χ2v) is 7.38. The minimum atomic E-state index is -0.950. The molecular formula is C19H23BrN2O2S. The first-order valence-corrected chi connectivity index (χ1v) is 9.42. The Hall–Kier alpha value is -1.37. The molecule has 0 aliphatic carbocycles. The molecule has 0 spiro atoms. The zero-order valence-electron chi connectivity index (χ0n) is 14.3. The number of nitrogens with zero attached hydrogens (tertiary/aromatic N) is 2. The molecule has 134 valence electrons. The predicted octanol–water partition coefficient (Wildman–Crippen LogP) is 0.411. The third-order valence-corrected chi connectivity index (χ3v) is 6.03. The molecule has 0 amide bonds. The summed E-state index contributed by atoms with van der Waals surface area (Å²) in [4.78, 5) is 3.27. The lowest BCUT2D eigenvalue weighted by molar-refractivity contribution is -0.657. The zero-order valence-corrected chi connectivity index (χ0v) is 16.7. The van der Waals surface area contributed by atoms with Crippen molar-refractivity contribution in [2.75, 3.05) is 25.1 Å². The van der Waals surface area contributed by atoms with E-state index in [1.807, 2.05) is 35.7 Å². The van der Waals surface area contributed by atoms with E-state index in [-0.39, 0.29) is 17.0 Å². The van der Waals surface area contributed by atoms with E-state index in [0.29, 0.717) is 6.54 Å². The summed E-state index contributed by atoms with van der Waals surface area (Å²) in [6.45, 7) is 1.44. The number of hydrogen-bond acceptors (Lipinski definition) is 4. The SMILES string of the molecule is COc1ccccc1N1CC(O)(c2cccs2)[N+]2=C1CCCCC2.[Br-]. The molecule has 4 nitrogen and oxygen atoms in total. The maximum absolute atomic E-state index is 11.6. The molecule has 1 atom stereocenters. The Bertz CT molecular complexity index is 763. The molecule has 2 aliphatic heterocycles. The van der Waals surface area contributed by atoms with Crippen LogP contribution in [0.4, 0.5) is 5.69 Å². The van der Waals surface area contributed by atoms with Gasteiger partial charge >= 0.3 is 0 Å². The van der Waals surface area contributed by atoms with Crippen molar-refractivity contribution in [2.45, 2.75) is 31.4 Å². The summed E-state index contributed by atoms with van der Waals surface area (Å²) < 4.78 is 7.80. The molecule has 6 heteroatoms. The molecule has 0 saturated carbocycles. The van der Waals surface area contributed by atoms with Crippen molar-refractivity contribution in [1.29, 1.82) is 0 Å². The second-order valence-electron chi connectivity index (χ2n) is 6.43. The van der Waals surface area contributed by atoms with Crippen LogP contribution < -0.4 is 26.6 Å². The van der Waals surface area contributed by atoms with E-state index in [4.69, 9.17) is 4.74 Å². The highest BCUT2D eigenvalue weighted by molar-refractivity contribution is 7.10. The van der Waals surface area contributed by atoms with E-state index >= 15 is 0 Å². The number of para-hydroxylation sites is 2. The molecule has 0 radical (unpaired) electrons. The summed E-state index contributed by atoms with van der Waals surface area (Å²) in [6, 6.07) is 12.1. The smallest absolute Gasteiger partial charge is 0.280 e. The monoisotopic (exact) mass is 422 g/mol. The van der Waals surface area contributed by atoms with Crippen molar-refractivity contribution < 1.29 is 31.4 Å². The van der Waals surface area contributed by atoms with E-state index in [1.54, 1.807) is 18.4 Å². The Kier molecular flexibility index (Phi) is 5.51.